The molecule has 0 bridgehead atoms. The Kier molecular flexibility index (Phi) is 1.81. The van der Waals surface area contributed by atoms with Gasteiger partial charge in [-0.05, 0) is 17.7 Å². The topological polar surface area (TPSA) is 20.2 Å². The minimum atomic E-state index is -1.13. The largest absolute Gasteiger partial charge is 0.392 e. The third-order valence-corrected chi connectivity index (χ3v) is 1.49. The van der Waals surface area contributed by atoms with E-state index < -0.39 is 6.58 Å². The molecule has 0 aliphatic carbocycles. The van der Waals surface area contributed by atoms with Crippen LogP contribution in [0.4, 0.5) is 0 Å². The zero-order valence-electron chi connectivity index (χ0n) is 5.71. The van der Waals surface area contributed by atoms with Crippen molar-refractivity contribution in [2.24, 2.45) is 0 Å². The van der Waals surface area contributed by atoms with Crippen LogP contribution in [0.2, 0.25) is 0 Å². The van der Waals surface area contributed by atoms with Crippen LogP contribution in [0, 0.1) is 0 Å². The maximum absolute atomic E-state index is 8.79. The van der Waals surface area contributed by atoms with E-state index in [0.717, 1.165) is 4.47 Å². The molecule has 0 heterocycles. The highest BCUT2D eigenvalue weighted by atomic mass is 79.9. The summed E-state index contributed by atoms with van der Waals surface area (Å²) >= 11 is 3.24. The van der Waals surface area contributed by atoms with Gasteiger partial charge < -0.3 is 5.11 Å². The van der Waals surface area contributed by atoms with Gasteiger partial charge in [-0.15, -0.1) is 0 Å². The number of hydrogen-bond acceptors (Lipinski definition) is 1. The Balaban J connectivity index is 2.96. The van der Waals surface area contributed by atoms with E-state index in [2.05, 4.69) is 15.9 Å². The first-order chi connectivity index (χ1) is 4.70. The van der Waals surface area contributed by atoms with Crippen LogP contribution < -0.4 is 0 Å². The molecule has 1 aromatic rings. The molecule has 0 radical (unpaired) electrons. The lowest BCUT2D eigenvalue weighted by Gasteiger charge is -1.93. The average molecular weight is 188 g/mol. The van der Waals surface area contributed by atoms with E-state index in [4.69, 9.17) is 6.48 Å². The highest BCUT2D eigenvalue weighted by Gasteiger charge is 1.88. The van der Waals surface area contributed by atoms with E-state index in [0.29, 0.717) is 5.56 Å². The molecule has 1 rings (SSSR count). The lowest BCUT2D eigenvalue weighted by atomic mass is 10.2. The molecule has 0 saturated heterocycles. The summed E-state index contributed by atoms with van der Waals surface area (Å²) in [6.07, 6.45) is 0. The van der Waals surface area contributed by atoms with Crippen LogP contribution in [0.3, 0.4) is 0 Å². The van der Waals surface area contributed by atoms with Crippen LogP contribution in [0.15, 0.2) is 28.7 Å². The van der Waals surface area contributed by atoms with Crippen LogP contribution in [0.25, 0.3) is 0 Å². The fraction of sp³-hybridized carbons (Fsp3) is 0.143. The molecule has 1 aromatic carbocycles. The summed E-state index contributed by atoms with van der Waals surface area (Å²) in [5.74, 6) is 0. The molecule has 0 spiro atoms. The first kappa shape index (κ1) is 5.45. The lowest BCUT2D eigenvalue weighted by molar-refractivity contribution is 0.282. The molecule has 9 heavy (non-hydrogen) atoms. The second-order valence-corrected chi connectivity index (χ2v) is 2.60. The van der Waals surface area contributed by atoms with Crippen molar-refractivity contribution in [3.63, 3.8) is 0 Å². The zero-order valence-corrected chi connectivity index (χ0v) is 6.30. The molecule has 1 atom stereocenters. The Bertz CT molecular complexity index is 225. The van der Waals surface area contributed by atoms with Gasteiger partial charge in [-0.25, -0.2) is 0 Å². The highest BCUT2D eigenvalue weighted by Crippen LogP contribution is 2.10. The van der Waals surface area contributed by atoms with Crippen LogP contribution in [-0.4, -0.2) is 5.11 Å². The Hall–Kier alpha value is -0.340. The fourth-order valence-corrected chi connectivity index (χ4v) is 1.00. The van der Waals surface area contributed by atoms with Gasteiger partial charge in [-0.1, -0.05) is 28.1 Å². The highest BCUT2D eigenvalue weighted by molar-refractivity contribution is 9.10. The van der Waals surface area contributed by atoms with Gasteiger partial charge in [0.05, 0.1) is 7.95 Å². The minimum absolute atomic E-state index is 0.606. The van der Waals surface area contributed by atoms with Crippen molar-refractivity contribution in [2.75, 3.05) is 0 Å². The van der Waals surface area contributed by atoms with Gasteiger partial charge in [0.15, 0.2) is 0 Å². The summed E-state index contributed by atoms with van der Waals surface area (Å²) < 4.78 is 7.84. The fourth-order valence-electron chi connectivity index (χ4n) is 0.587. The minimum Gasteiger partial charge on any atom is -0.392 e. The van der Waals surface area contributed by atoms with Crippen molar-refractivity contribution in [3.8, 4) is 0 Å². The van der Waals surface area contributed by atoms with Crippen molar-refractivity contribution in [1.29, 1.82) is 0 Å². The first-order valence-electron chi connectivity index (χ1n) is 3.13. The number of rotatable bonds is 1. The Morgan fingerprint density at radius 3 is 2.89 bits per heavy atom. The third kappa shape index (κ3) is 1.80. The van der Waals surface area contributed by atoms with Gasteiger partial charge >= 0.3 is 0 Å². The van der Waals surface area contributed by atoms with Gasteiger partial charge in [-0.3, -0.25) is 0 Å². The number of halogens is 1. The molecular weight excluding hydrogens is 180 g/mol. The molecule has 0 saturated carbocycles. The molecule has 0 amide bonds. The molecule has 0 fully saturated rings. The molecule has 1 nitrogen and oxygen atoms in total. The van der Waals surface area contributed by atoms with E-state index in [1.54, 1.807) is 18.2 Å². The molecular formula is C7H7BrO. The lowest BCUT2D eigenvalue weighted by Crippen LogP contribution is -1.79. The van der Waals surface area contributed by atoms with Crippen molar-refractivity contribution in [2.45, 2.75) is 6.58 Å². The summed E-state index contributed by atoms with van der Waals surface area (Å²) in [5.41, 5.74) is 0.606. The predicted molar refractivity (Wildman–Crippen MR) is 40.1 cm³/mol. The molecule has 0 aliphatic heterocycles. The Morgan fingerprint density at radius 1 is 1.67 bits per heavy atom. The Morgan fingerprint density at radius 2 is 2.44 bits per heavy atom. The van der Waals surface area contributed by atoms with Gasteiger partial charge in [0.2, 0.25) is 0 Å². The SMILES string of the molecule is [2H]C(O)c1cccc(Br)c1. The van der Waals surface area contributed by atoms with E-state index in [1.807, 2.05) is 6.07 Å². The maximum Gasteiger partial charge on any atom is 0.0682 e. The zero-order chi connectivity index (χ0) is 7.56. The molecule has 2 heteroatoms. The van der Waals surface area contributed by atoms with Gasteiger partial charge in [0.1, 0.15) is 0 Å². The van der Waals surface area contributed by atoms with E-state index in [9.17, 15) is 0 Å². The van der Waals surface area contributed by atoms with Gasteiger partial charge in [-0.2, -0.15) is 0 Å². The summed E-state index contributed by atoms with van der Waals surface area (Å²) in [6.45, 7) is -1.13. The van der Waals surface area contributed by atoms with Crippen molar-refractivity contribution in [1.82, 2.24) is 0 Å². The number of aliphatic hydroxyl groups excluding tert-OH is 1. The van der Waals surface area contributed by atoms with E-state index >= 15 is 0 Å². The monoisotopic (exact) mass is 187 g/mol. The quantitative estimate of drug-likeness (QED) is 0.713. The predicted octanol–water partition coefficient (Wildman–Crippen LogP) is 1.94. The van der Waals surface area contributed by atoms with Crippen molar-refractivity contribution < 1.29 is 6.48 Å². The molecule has 1 unspecified atom stereocenters. The Labute approximate surface area is 63.9 Å². The molecule has 0 aliphatic rings. The van der Waals surface area contributed by atoms with Gasteiger partial charge in [0.25, 0.3) is 0 Å². The van der Waals surface area contributed by atoms with Crippen molar-refractivity contribution >= 4 is 15.9 Å². The standard InChI is InChI=1S/C7H7BrO/c8-7-3-1-2-6(4-7)5-9/h1-4,9H,5H2/i5D. The van der Waals surface area contributed by atoms with Crippen LogP contribution in [-0.2, 0) is 6.58 Å². The third-order valence-electron chi connectivity index (χ3n) is 0.998. The molecule has 1 N–H and O–H groups in total. The van der Waals surface area contributed by atoms with E-state index in [1.165, 1.54) is 0 Å². The number of hydrogen-bond donors (Lipinski definition) is 1. The smallest absolute Gasteiger partial charge is 0.0682 e. The van der Waals surface area contributed by atoms with Gasteiger partial charge in [0, 0.05) is 4.47 Å². The summed E-state index contributed by atoms with van der Waals surface area (Å²) in [5, 5.41) is 8.79. The molecule has 48 valence electrons. The second kappa shape index (κ2) is 2.99. The van der Waals surface area contributed by atoms with Crippen LogP contribution >= 0.6 is 15.9 Å². The summed E-state index contributed by atoms with van der Waals surface area (Å²) in [7, 11) is 0. The normalized spacial score (nSPS) is 14.7. The summed E-state index contributed by atoms with van der Waals surface area (Å²) in [6, 6.07) is 7.07. The van der Waals surface area contributed by atoms with Crippen LogP contribution in [0.5, 0.6) is 0 Å². The first-order valence-corrected chi connectivity index (χ1v) is 3.35. The number of aliphatic hydroxyl groups is 1. The average Bonchev–Trinajstić information content (AvgIpc) is 1.88. The van der Waals surface area contributed by atoms with Crippen molar-refractivity contribution in [3.05, 3.63) is 34.3 Å². The maximum atomic E-state index is 8.79. The second-order valence-electron chi connectivity index (χ2n) is 1.68. The van der Waals surface area contributed by atoms with Crippen LogP contribution in [0.1, 0.15) is 6.93 Å². The molecule has 0 aromatic heterocycles. The number of benzene rings is 1. The van der Waals surface area contributed by atoms with E-state index in [-0.39, 0.29) is 0 Å². The summed E-state index contributed by atoms with van der Waals surface area (Å²) in [4.78, 5) is 0.